The van der Waals surface area contributed by atoms with Crippen LogP contribution in [0.4, 0.5) is 9.59 Å². The molecule has 0 bridgehead atoms. The van der Waals surface area contributed by atoms with Crippen molar-refractivity contribution in [2.75, 3.05) is 6.61 Å². The summed E-state index contributed by atoms with van der Waals surface area (Å²) in [5.41, 5.74) is 4.69. The molecule has 5 atom stereocenters. The first-order chi connectivity index (χ1) is 8.36. The van der Waals surface area contributed by atoms with Crippen LogP contribution in [0.25, 0.3) is 0 Å². The Morgan fingerprint density at radius 3 is 2.28 bits per heavy atom. The number of aliphatic hydroxyl groups is 4. The Bertz CT molecular complexity index is 324. The number of nitrogens with one attached hydrogen (secondary N) is 2. The number of hydrogen-bond acceptors (Lipinski definition) is 7. The van der Waals surface area contributed by atoms with E-state index in [1.165, 1.54) is 0 Å². The van der Waals surface area contributed by atoms with Crippen molar-refractivity contribution in [2.24, 2.45) is 5.73 Å². The lowest BCUT2D eigenvalue weighted by Crippen LogP contribution is -2.64. The van der Waals surface area contributed by atoms with E-state index >= 15 is 0 Å². The molecule has 1 saturated heterocycles. The third-order valence-corrected chi connectivity index (χ3v) is 2.40. The van der Waals surface area contributed by atoms with Gasteiger partial charge in [0.25, 0.3) is 0 Å². The fourth-order valence-corrected chi connectivity index (χ4v) is 1.50. The van der Waals surface area contributed by atoms with Gasteiger partial charge in [0, 0.05) is 0 Å². The van der Waals surface area contributed by atoms with Gasteiger partial charge in [-0.3, -0.25) is 5.32 Å². The Balaban J connectivity index is 2.64. The molecular weight excluding hydrogens is 250 g/mol. The van der Waals surface area contributed by atoms with Gasteiger partial charge in [0.1, 0.15) is 24.4 Å². The normalized spacial score (nSPS) is 35.9. The molecule has 1 aliphatic rings. The minimum absolute atomic E-state index is 0.624. The van der Waals surface area contributed by atoms with Crippen molar-refractivity contribution in [3.05, 3.63) is 0 Å². The van der Waals surface area contributed by atoms with Crippen LogP contribution in [0.3, 0.4) is 0 Å². The predicted octanol–water partition coefficient (Wildman–Crippen LogP) is -3.84. The van der Waals surface area contributed by atoms with Gasteiger partial charge < -0.3 is 36.2 Å². The molecule has 18 heavy (non-hydrogen) atoms. The summed E-state index contributed by atoms with van der Waals surface area (Å²) in [4.78, 5) is 21.5. The van der Waals surface area contributed by atoms with E-state index in [4.69, 9.17) is 15.6 Å². The fraction of sp³-hybridized carbons (Fsp3) is 0.750. The molecule has 0 aliphatic carbocycles. The number of amides is 4. The molecule has 1 rings (SSSR count). The molecule has 104 valence electrons. The predicted molar refractivity (Wildman–Crippen MR) is 55.0 cm³/mol. The lowest BCUT2D eigenvalue weighted by molar-refractivity contribution is -0.233. The summed E-state index contributed by atoms with van der Waals surface area (Å²) in [6.45, 7) is -0.624. The first-order valence-corrected chi connectivity index (χ1v) is 5.04. The van der Waals surface area contributed by atoms with Crippen molar-refractivity contribution in [3.8, 4) is 0 Å². The second-order valence-corrected chi connectivity index (χ2v) is 3.71. The summed E-state index contributed by atoms with van der Waals surface area (Å²) >= 11 is 0. The van der Waals surface area contributed by atoms with Gasteiger partial charge >= 0.3 is 12.1 Å². The molecule has 0 aromatic heterocycles. The molecule has 0 unspecified atom stereocenters. The van der Waals surface area contributed by atoms with Gasteiger partial charge in [-0.2, -0.15) is 0 Å². The quantitative estimate of drug-likeness (QED) is 0.267. The molecule has 4 amide bonds. The first kappa shape index (κ1) is 14.6. The second-order valence-electron chi connectivity index (χ2n) is 3.71. The van der Waals surface area contributed by atoms with Crippen molar-refractivity contribution in [1.29, 1.82) is 0 Å². The van der Waals surface area contributed by atoms with Crippen molar-refractivity contribution < 1.29 is 34.8 Å². The largest absolute Gasteiger partial charge is 0.394 e. The van der Waals surface area contributed by atoms with Crippen LogP contribution >= 0.6 is 0 Å². The second kappa shape index (κ2) is 5.93. The summed E-state index contributed by atoms with van der Waals surface area (Å²) in [6, 6.07) is -2.16. The fourth-order valence-electron chi connectivity index (χ4n) is 1.50. The highest BCUT2D eigenvalue weighted by Gasteiger charge is 2.44. The van der Waals surface area contributed by atoms with Gasteiger partial charge in [0.15, 0.2) is 6.23 Å². The Morgan fingerprint density at radius 1 is 1.17 bits per heavy atom. The Hall–Kier alpha value is -1.46. The van der Waals surface area contributed by atoms with Crippen LogP contribution in [0, 0.1) is 0 Å². The van der Waals surface area contributed by atoms with Crippen LogP contribution in [-0.2, 0) is 4.74 Å². The maximum atomic E-state index is 11.1. The van der Waals surface area contributed by atoms with Crippen LogP contribution in [0.2, 0.25) is 0 Å². The topological polar surface area (TPSA) is 174 Å². The lowest BCUT2D eigenvalue weighted by atomic mass is 9.98. The van der Waals surface area contributed by atoms with E-state index < -0.39 is 49.3 Å². The van der Waals surface area contributed by atoms with Gasteiger partial charge in [-0.15, -0.1) is 0 Å². The first-order valence-electron chi connectivity index (χ1n) is 5.04. The highest BCUT2D eigenvalue weighted by molar-refractivity contribution is 5.92. The summed E-state index contributed by atoms with van der Waals surface area (Å²) < 4.78 is 4.95. The number of urea groups is 2. The van der Waals surface area contributed by atoms with Gasteiger partial charge in [-0.05, 0) is 0 Å². The monoisotopic (exact) mass is 265 g/mol. The SMILES string of the molecule is NC(=O)NC(=O)N[C@@H]1O[C@H](CO)[C@@H](O)[C@H](O)[C@H]1O. The van der Waals surface area contributed by atoms with Crippen molar-refractivity contribution in [2.45, 2.75) is 30.6 Å². The maximum absolute atomic E-state index is 11.1. The zero-order valence-electron chi connectivity index (χ0n) is 9.18. The van der Waals surface area contributed by atoms with Gasteiger partial charge in [-0.25, -0.2) is 9.59 Å². The number of hydrogen-bond donors (Lipinski definition) is 7. The Kier molecular flexibility index (Phi) is 4.81. The average molecular weight is 265 g/mol. The maximum Gasteiger partial charge on any atom is 0.324 e. The molecule has 1 heterocycles. The molecule has 10 heteroatoms. The summed E-state index contributed by atoms with van der Waals surface area (Å²) in [6.07, 6.45) is -7.32. The molecule has 1 fully saturated rings. The van der Waals surface area contributed by atoms with Crippen molar-refractivity contribution in [3.63, 3.8) is 0 Å². The van der Waals surface area contributed by atoms with Crippen LogP contribution in [0.1, 0.15) is 0 Å². The van der Waals surface area contributed by atoms with Crippen LogP contribution in [0.5, 0.6) is 0 Å². The molecule has 0 aromatic carbocycles. The lowest BCUT2D eigenvalue weighted by Gasteiger charge is -2.39. The number of carbonyl (C=O) groups excluding carboxylic acids is 2. The van der Waals surface area contributed by atoms with Crippen LogP contribution in [-0.4, -0.2) is 69.7 Å². The molecular formula is C8H15N3O7. The number of ether oxygens (including phenoxy) is 1. The van der Waals surface area contributed by atoms with Crippen molar-refractivity contribution >= 4 is 12.1 Å². The minimum atomic E-state index is -1.62. The Morgan fingerprint density at radius 2 is 1.78 bits per heavy atom. The van der Waals surface area contributed by atoms with E-state index in [1.54, 1.807) is 5.32 Å². The van der Waals surface area contributed by atoms with Crippen LogP contribution in [0.15, 0.2) is 0 Å². The van der Waals surface area contributed by atoms with Gasteiger partial charge in [-0.1, -0.05) is 0 Å². The summed E-state index contributed by atoms with van der Waals surface area (Å²) in [5.74, 6) is 0. The Labute approximate surface area is 101 Å². The van der Waals surface area contributed by atoms with E-state index in [2.05, 4.69) is 0 Å². The number of imide groups is 1. The number of primary amides is 1. The smallest absolute Gasteiger partial charge is 0.324 e. The third-order valence-electron chi connectivity index (χ3n) is 2.40. The van der Waals surface area contributed by atoms with E-state index in [9.17, 15) is 24.9 Å². The highest BCUT2D eigenvalue weighted by Crippen LogP contribution is 2.19. The molecule has 1 aliphatic heterocycles. The molecule has 0 saturated carbocycles. The van der Waals surface area contributed by atoms with E-state index in [0.717, 1.165) is 0 Å². The standard InChI is InChI=1S/C8H15N3O7/c9-7(16)11-8(17)10-6-5(15)4(14)3(13)2(1-12)18-6/h2-6,12-15H,1H2,(H4,9,10,11,16,17)/t2-,3-,4+,5-,6-/m1/s1. The molecule has 10 nitrogen and oxygen atoms in total. The zero-order chi connectivity index (χ0) is 13.9. The number of aliphatic hydroxyl groups excluding tert-OH is 4. The summed E-state index contributed by atoms with van der Waals surface area (Å²) in [5, 5.41) is 40.9. The third kappa shape index (κ3) is 3.27. The van der Waals surface area contributed by atoms with Crippen molar-refractivity contribution in [1.82, 2.24) is 10.6 Å². The van der Waals surface area contributed by atoms with E-state index in [0.29, 0.717) is 0 Å². The number of nitrogens with two attached hydrogens (primary N) is 1. The highest BCUT2D eigenvalue weighted by atomic mass is 16.6. The molecule has 0 aromatic rings. The number of rotatable bonds is 2. The molecule has 0 radical (unpaired) electrons. The van der Waals surface area contributed by atoms with E-state index in [-0.39, 0.29) is 0 Å². The van der Waals surface area contributed by atoms with Gasteiger partial charge in [0.2, 0.25) is 0 Å². The average Bonchev–Trinajstić information content (AvgIpc) is 2.29. The molecule has 0 spiro atoms. The zero-order valence-corrected chi connectivity index (χ0v) is 9.18. The van der Waals surface area contributed by atoms with E-state index in [1.807, 2.05) is 5.32 Å². The molecule has 8 N–H and O–H groups in total. The van der Waals surface area contributed by atoms with Crippen LogP contribution < -0.4 is 16.4 Å². The number of carbonyl (C=O) groups is 2. The minimum Gasteiger partial charge on any atom is -0.394 e. The van der Waals surface area contributed by atoms with Gasteiger partial charge in [0.05, 0.1) is 6.61 Å². The summed E-state index contributed by atoms with van der Waals surface area (Å²) in [7, 11) is 0.